The van der Waals surface area contributed by atoms with Gasteiger partial charge in [0.2, 0.25) is 0 Å². The third-order valence-corrected chi connectivity index (χ3v) is 3.86. The van der Waals surface area contributed by atoms with Gasteiger partial charge in [-0.05, 0) is 32.6 Å². The normalized spacial score (nSPS) is 12.1. The zero-order valence-corrected chi connectivity index (χ0v) is 13.3. The molecule has 0 bridgehead atoms. The van der Waals surface area contributed by atoms with Gasteiger partial charge in [-0.25, -0.2) is 0 Å². The molecule has 0 amide bonds. The Hall–Kier alpha value is -0.260. The lowest BCUT2D eigenvalue weighted by Gasteiger charge is -2.07. The van der Waals surface area contributed by atoms with Crippen molar-refractivity contribution in [3.05, 3.63) is 11.6 Å². The predicted molar refractivity (Wildman–Crippen MR) is 85.1 cm³/mol. The van der Waals surface area contributed by atoms with Crippen molar-refractivity contribution in [2.24, 2.45) is 0 Å². The first-order chi connectivity index (χ1) is 8.85. The third-order valence-electron chi connectivity index (χ3n) is 3.86. The highest BCUT2D eigenvalue weighted by Crippen LogP contribution is 2.17. The van der Waals surface area contributed by atoms with E-state index >= 15 is 0 Å². The molecular formula is C18H36. The maximum absolute atomic E-state index is 2.36. The van der Waals surface area contributed by atoms with Crippen molar-refractivity contribution in [2.75, 3.05) is 0 Å². The predicted octanol–water partition coefficient (Wildman–Crippen LogP) is 7.04. The largest absolute Gasteiger partial charge is 0.0885 e. The molecule has 0 aliphatic heterocycles. The Labute approximate surface area is 116 Å². The fourth-order valence-electron chi connectivity index (χ4n) is 2.50. The second kappa shape index (κ2) is 14.8. The van der Waals surface area contributed by atoms with Crippen LogP contribution in [0.25, 0.3) is 0 Å². The van der Waals surface area contributed by atoms with E-state index in [-0.39, 0.29) is 0 Å². The third kappa shape index (κ3) is 12.2. The highest BCUT2D eigenvalue weighted by molar-refractivity contribution is 4.99. The number of unbranched alkanes of at least 4 members (excludes halogenated alkanes) is 9. The standard InChI is InChI=1S/C18H36/c1-4-7-9-10-11-12-13-15-17-18(6-3)16-14-8-5-2/h6H,4-5,7-17H2,1-3H3. The summed E-state index contributed by atoms with van der Waals surface area (Å²) in [5, 5.41) is 0. The molecule has 0 saturated heterocycles. The Balaban J connectivity index is 3.29. The summed E-state index contributed by atoms with van der Waals surface area (Å²) < 4.78 is 0. The number of rotatable bonds is 13. The number of hydrogen-bond acceptors (Lipinski definition) is 0. The minimum atomic E-state index is 1.34. The first-order valence-electron chi connectivity index (χ1n) is 8.49. The first-order valence-corrected chi connectivity index (χ1v) is 8.49. The van der Waals surface area contributed by atoms with Gasteiger partial charge in [0.1, 0.15) is 0 Å². The second-order valence-electron chi connectivity index (χ2n) is 5.63. The molecule has 0 atom stereocenters. The molecule has 0 N–H and O–H groups in total. The van der Waals surface area contributed by atoms with Gasteiger partial charge in [0.25, 0.3) is 0 Å². The van der Waals surface area contributed by atoms with Crippen LogP contribution in [0.1, 0.15) is 104 Å². The molecule has 0 aromatic carbocycles. The van der Waals surface area contributed by atoms with E-state index in [4.69, 9.17) is 0 Å². The van der Waals surface area contributed by atoms with Crippen molar-refractivity contribution in [1.82, 2.24) is 0 Å². The van der Waals surface area contributed by atoms with Crippen LogP contribution >= 0.6 is 0 Å². The number of hydrogen-bond donors (Lipinski definition) is 0. The van der Waals surface area contributed by atoms with Crippen molar-refractivity contribution < 1.29 is 0 Å². The zero-order valence-electron chi connectivity index (χ0n) is 13.3. The SMILES string of the molecule is CC=C(CCCCC)CCCCCCCCCC. The lowest BCUT2D eigenvalue weighted by atomic mass is 10.00. The van der Waals surface area contributed by atoms with Gasteiger partial charge in [-0.15, -0.1) is 0 Å². The van der Waals surface area contributed by atoms with Crippen LogP contribution in [0.15, 0.2) is 11.6 Å². The van der Waals surface area contributed by atoms with Gasteiger partial charge in [0, 0.05) is 0 Å². The summed E-state index contributed by atoms with van der Waals surface area (Å²) >= 11 is 0. The van der Waals surface area contributed by atoms with E-state index in [2.05, 4.69) is 26.8 Å². The van der Waals surface area contributed by atoms with Crippen LogP contribution in [0.4, 0.5) is 0 Å². The van der Waals surface area contributed by atoms with Crippen molar-refractivity contribution in [1.29, 1.82) is 0 Å². The summed E-state index contributed by atoms with van der Waals surface area (Å²) in [4.78, 5) is 0. The van der Waals surface area contributed by atoms with E-state index in [9.17, 15) is 0 Å². The molecule has 0 spiro atoms. The number of allylic oxidation sites excluding steroid dienone is 2. The van der Waals surface area contributed by atoms with E-state index in [1.807, 2.05) is 0 Å². The molecule has 0 fully saturated rings. The van der Waals surface area contributed by atoms with E-state index in [1.54, 1.807) is 5.57 Å². The molecule has 0 aromatic heterocycles. The van der Waals surface area contributed by atoms with Crippen LogP contribution in [-0.4, -0.2) is 0 Å². The van der Waals surface area contributed by atoms with Gasteiger partial charge < -0.3 is 0 Å². The molecule has 0 aliphatic rings. The molecule has 0 aromatic rings. The summed E-state index contributed by atoms with van der Waals surface area (Å²) in [6.45, 7) is 6.79. The Kier molecular flexibility index (Phi) is 14.6. The summed E-state index contributed by atoms with van der Waals surface area (Å²) in [5.74, 6) is 0. The van der Waals surface area contributed by atoms with Crippen LogP contribution in [0.2, 0.25) is 0 Å². The lowest BCUT2D eigenvalue weighted by Crippen LogP contribution is -1.87. The molecule has 18 heavy (non-hydrogen) atoms. The van der Waals surface area contributed by atoms with Crippen LogP contribution in [0, 0.1) is 0 Å². The Morgan fingerprint density at radius 3 is 1.50 bits per heavy atom. The fraction of sp³-hybridized carbons (Fsp3) is 0.889. The van der Waals surface area contributed by atoms with Gasteiger partial charge in [-0.3, -0.25) is 0 Å². The molecule has 0 heteroatoms. The first kappa shape index (κ1) is 17.7. The van der Waals surface area contributed by atoms with Gasteiger partial charge >= 0.3 is 0 Å². The Morgan fingerprint density at radius 1 is 0.611 bits per heavy atom. The smallest absolute Gasteiger partial charge is 0.0320 e. The molecule has 0 saturated carbocycles. The molecule has 0 rings (SSSR count). The van der Waals surface area contributed by atoms with E-state index in [1.165, 1.54) is 83.5 Å². The highest BCUT2D eigenvalue weighted by Gasteiger charge is 1.97. The summed E-state index contributed by atoms with van der Waals surface area (Å²) in [6.07, 6.45) is 20.7. The van der Waals surface area contributed by atoms with Crippen molar-refractivity contribution >= 4 is 0 Å². The fourth-order valence-corrected chi connectivity index (χ4v) is 2.50. The van der Waals surface area contributed by atoms with Gasteiger partial charge in [-0.1, -0.05) is 83.3 Å². The molecule has 0 heterocycles. The minimum Gasteiger partial charge on any atom is -0.0885 e. The monoisotopic (exact) mass is 252 g/mol. The summed E-state index contributed by atoms with van der Waals surface area (Å²) in [5.41, 5.74) is 1.70. The Morgan fingerprint density at radius 2 is 1.00 bits per heavy atom. The van der Waals surface area contributed by atoms with E-state index in [0.717, 1.165) is 0 Å². The molecule has 0 unspecified atom stereocenters. The maximum Gasteiger partial charge on any atom is -0.0320 e. The zero-order chi connectivity index (χ0) is 13.5. The van der Waals surface area contributed by atoms with Crippen LogP contribution < -0.4 is 0 Å². The molecule has 0 radical (unpaired) electrons. The molecular weight excluding hydrogens is 216 g/mol. The van der Waals surface area contributed by atoms with Gasteiger partial charge in [0.05, 0.1) is 0 Å². The van der Waals surface area contributed by atoms with Crippen molar-refractivity contribution in [3.63, 3.8) is 0 Å². The second-order valence-corrected chi connectivity index (χ2v) is 5.63. The summed E-state index contributed by atoms with van der Waals surface area (Å²) in [7, 11) is 0. The van der Waals surface area contributed by atoms with Crippen LogP contribution in [0.3, 0.4) is 0 Å². The van der Waals surface area contributed by atoms with E-state index < -0.39 is 0 Å². The van der Waals surface area contributed by atoms with Crippen LogP contribution in [-0.2, 0) is 0 Å². The topological polar surface area (TPSA) is 0 Å². The minimum absolute atomic E-state index is 1.34. The average molecular weight is 252 g/mol. The van der Waals surface area contributed by atoms with E-state index in [0.29, 0.717) is 0 Å². The maximum atomic E-state index is 2.36. The molecule has 0 aliphatic carbocycles. The summed E-state index contributed by atoms with van der Waals surface area (Å²) in [6, 6.07) is 0. The Bertz CT molecular complexity index is 178. The van der Waals surface area contributed by atoms with Crippen molar-refractivity contribution in [3.8, 4) is 0 Å². The quantitative estimate of drug-likeness (QED) is 0.243. The van der Waals surface area contributed by atoms with Gasteiger partial charge in [0.15, 0.2) is 0 Å². The highest BCUT2D eigenvalue weighted by atomic mass is 14.0. The van der Waals surface area contributed by atoms with Gasteiger partial charge in [-0.2, -0.15) is 0 Å². The lowest BCUT2D eigenvalue weighted by molar-refractivity contribution is 0.570. The molecule has 108 valence electrons. The van der Waals surface area contributed by atoms with Crippen molar-refractivity contribution in [2.45, 2.75) is 104 Å². The molecule has 0 nitrogen and oxygen atoms in total. The van der Waals surface area contributed by atoms with Crippen LogP contribution in [0.5, 0.6) is 0 Å². The average Bonchev–Trinajstić information content (AvgIpc) is 2.40.